The molecule has 0 spiro atoms. The topological polar surface area (TPSA) is 21.1 Å². The van der Waals surface area contributed by atoms with E-state index in [0.29, 0.717) is 4.83 Å². The summed E-state index contributed by atoms with van der Waals surface area (Å²) >= 11 is 3.64. The van der Waals surface area contributed by atoms with Crippen molar-refractivity contribution >= 4 is 21.9 Å². The van der Waals surface area contributed by atoms with Gasteiger partial charge in [-0.15, -0.1) is 0 Å². The fraction of sp³-hybridized carbons (Fsp3) is 0.667. The second-order valence-electron chi connectivity index (χ2n) is 3.50. The molecule has 0 amide bonds. The lowest BCUT2D eigenvalue weighted by atomic mass is 10.1. The molecule has 1 aliphatic rings. The zero-order chi connectivity index (χ0) is 9.26. The first-order chi connectivity index (χ1) is 6.27. The highest BCUT2D eigenvalue weighted by Crippen LogP contribution is 2.21. The quantitative estimate of drug-likeness (QED) is 0.702. The number of piperidine rings is 1. The van der Waals surface area contributed by atoms with Crippen LogP contribution in [0.25, 0.3) is 0 Å². The number of hydrogen-bond donors (Lipinski definition) is 0. The second-order valence-corrected chi connectivity index (χ2v) is 4.79. The minimum Gasteiger partial charge on any atom is -0.342 e. The van der Waals surface area contributed by atoms with Crippen LogP contribution in [0.2, 0.25) is 0 Å². The number of nitrogens with zero attached hydrogens (tertiary/aromatic N) is 3. The fourth-order valence-electron chi connectivity index (χ4n) is 1.71. The first-order valence-electron chi connectivity index (χ1n) is 4.63. The van der Waals surface area contributed by atoms with Crippen LogP contribution in [0, 0.1) is 0 Å². The van der Waals surface area contributed by atoms with Gasteiger partial charge in [-0.05, 0) is 12.8 Å². The van der Waals surface area contributed by atoms with E-state index >= 15 is 0 Å². The van der Waals surface area contributed by atoms with Crippen molar-refractivity contribution in [3.8, 4) is 0 Å². The highest BCUT2D eigenvalue weighted by Gasteiger charge is 2.19. The number of halogens is 1. The van der Waals surface area contributed by atoms with Gasteiger partial charge in [0.05, 0.1) is 0 Å². The van der Waals surface area contributed by atoms with Gasteiger partial charge in [0.1, 0.15) is 0 Å². The van der Waals surface area contributed by atoms with E-state index in [1.807, 2.05) is 19.4 Å². The maximum atomic E-state index is 4.34. The molecule has 2 heterocycles. The van der Waals surface area contributed by atoms with Gasteiger partial charge in [0, 0.05) is 37.4 Å². The van der Waals surface area contributed by atoms with Crippen molar-refractivity contribution in [3.05, 3.63) is 12.4 Å². The van der Waals surface area contributed by atoms with Gasteiger partial charge in [-0.1, -0.05) is 15.9 Å². The molecule has 3 nitrogen and oxygen atoms in total. The van der Waals surface area contributed by atoms with Crippen LogP contribution >= 0.6 is 15.9 Å². The number of aromatic nitrogens is 2. The summed E-state index contributed by atoms with van der Waals surface area (Å²) < 4.78 is 2.08. The normalized spacial score (nSPS) is 19.4. The van der Waals surface area contributed by atoms with Crippen LogP contribution in [0.15, 0.2) is 12.4 Å². The Morgan fingerprint density at radius 3 is 2.69 bits per heavy atom. The van der Waals surface area contributed by atoms with Crippen molar-refractivity contribution in [2.75, 3.05) is 18.0 Å². The standard InChI is InChI=1S/C9H14BrN3/c1-12-7-4-11-9(12)13-5-2-8(10)3-6-13/h4,7-8H,2-3,5-6H2,1H3. The number of rotatable bonds is 1. The number of anilines is 1. The Morgan fingerprint density at radius 1 is 1.46 bits per heavy atom. The molecule has 72 valence electrons. The molecular weight excluding hydrogens is 230 g/mol. The second kappa shape index (κ2) is 3.70. The van der Waals surface area contributed by atoms with Crippen LogP contribution in [-0.2, 0) is 7.05 Å². The van der Waals surface area contributed by atoms with E-state index in [4.69, 9.17) is 0 Å². The molecule has 0 aliphatic carbocycles. The summed E-state index contributed by atoms with van der Waals surface area (Å²) in [6.07, 6.45) is 6.28. The first kappa shape index (κ1) is 9.06. The van der Waals surface area contributed by atoms with Crippen LogP contribution in [0.3, 0.4) is 0 Å². The Bertz CT molecular complexity index is 276. The van der Waals surface area contributed by atoms with E-state index in [2.05, 4.69) is 30.4 Å². The van der Waals surface area contributed by atoms with Gasteiger partial charge in [-0.3, -0.25) is 0 Å². The Kier molecular flexibility index (Phi) is 2.58. The summed E-state index contributed by atoms with van der Waals surface area (Å²) in [5, 5.41) is 0. The number of imidazole rings is 1. The summed E-state index contributed by atoms with van der Waals surface area (Å²) in [5.74, 6) is 1.10. The molecule has 1 aromatic rings. The zero-order valence-electron chi connectivity index (χ0n) is 7.78. The molecule has 4 heteroatoms. The minimum atomic E-state index is 0.698. The summed E-state index contributed by atoms with van der Waals surface area (Å²) in [5.41, 5.74) is 0. The molecule has 0 radical (unpaired) electrons. The van der Waals surface area contributed by atoms with Crippen molar-refractivity contribution in [1.29, 1.82) is 0 Å². The van der Waals surface area contributed by atoms with E-state index in [1.54, 1.807) is 0 Å². The molecule has 0 atom stereocenters. The molecule has 1 fully saturated rings. The monoisotopic (exact) mass is 243 g/mol. The van der Waals surface area contributed by atoms with E-state index in [0.717, 1.165) is 19.0 Å². The molecule has 0 saturated carbocycles. The molecule has 1 aromatic heterocycles. The first-order valence-corrected chi connectivity index (χ1v) is 5.55. The van der Waals surface area contributed by atoms with Gasteiger partial charge in [0.2, 0.25) is 5.95 Å². The third kappa shape index (κ3) is 1.88. The fourth-order valence-corrected chi connectivity index (χ4v) is 2.12. The SMILES string of the molecule is Cn1ccnc1N1CCC(Br)CC1. The molecule has 0 bridgehead atoms. The third-order valence-electron chi connectivity index (χ3n) is 2.50. The van der Waals surface area contributed by atoms with Crippen LogP contribution in [0.5, 0.6) is 0 Å². The lowest BCUT2D eigenvalue weighted by molar-refractivity contribution is 0.580. The van der Waals surface area contributed by atoms with Crippen LogP contribution < -0.4 is 4.90 Å². The maximum absolute atomic E-state index is 4.34. The third-order valence-corrected chi connectivity index (χ3v) is 3.42. The summed E-state index contributed by atoms with van der Waals surface area (Å²) in [6, 6.07) is 0. The number of aryl methyl sites for hydroxylation is 1. The van der Waals surface area contributed by atoms with Gasteiger partial charge in [0.15, 0.2) is 0 Å². The van der Waals surface area contributed by atoms with Crippen molar-refractivity contribution < 1.29 is 0 Å². The lowest BCUT2D eigenvalue weighted by Crippen LogP contribution is -2.35. The van der Waals surface area contributed by atoms with Gasteiger partial charge in [0.25, 0.3) is 0 Å². The van der Waals surface area contributed by atoms with Crippen molar-refractivity contribution in [2.24, 2.45) is 7.05 Å². The van der Waals surface area contributed by atoms with Gasteiger partial charge < -0.3 is 9.47 Å². The highest BCUT2D eigenvalue weighted by atomic mass is 79.9. The van der Waals surface area contributed by atoms with E-state index in [1.165, 1.54) is 12.8 Å². The average molecular weight is 244 g/mol. The number of alkyl halides is 1. The lowest BCUT2D eigenvalue weighted by Gasteiger charge is -2.30. The van der Waals surface area contributed by atoms with E-state index in [9.17, 15) is 0 Å². The average Bonchev–Trinajstić information content (AvgIpc) is 2.53. The van der Waals surface area contributed by atoms with Gasteiger partial charge in [-0.25, -0.2) is 4.98 Å². The maximum Gasteiger partial charge on any atom is 0.205 e. The van der Waals surface area contributed by atoms with Gasteiger partial charge >= 0.3 is 0 Å². The molecule has 0 unspecified atom stereocenters. The highest BCUT2D eigenvalue weighted by molar-refractivity contribution is 9.09. The molecule has 1 saturated heterocycles. The predicted octanol–water partition coefficient (Wildman–Crippen LogP) is 1.78. The molecule has 1 aliphatic heterocycles. The van der Waals surface area contributed by atoms with Crippen LogP contribution in [-0.4, -0.2) is 27.5 Å². The van der Waals surface area contributed by atoms with E-state index < -0.39 is 0 Å². The minimum absolute atomic E-state index is 0.698. The molecular formula is C9H14BrN3. The molecule has 0 N–H and O–H groups in total. The summed E-state index contributed by atoms with van der Waals surface area (Å²) in [7, 11) is 2.04. The van der Waals surface area contributed by atoms with E-state index in [-0.39, 0.29) is 0 Å². The molecule has 0 aromatic carbocycles. The smallest absolute Gasteiger partial charge is 0.205 e. The molecule has 2 rings (SSSR count). The Morgan fingerprint density at radius 2 is 2.15 bits per heavy atom. The number of hydrogen-bond acceptors (Lipinski definition) is 2. The van der Waals surface area contributed by atoms with Crippen LogP contribution in [0.1, 0.15) is 12.8 Å². The van der Waals surface area contributed by atoms with Gasteiger partial charge in [-0.2, -0.15) is 0 Å². The Balaban J connectivity index is 2.06. The predicted molar refractivity (Wildman–Crippen MR) is 57.4 cm³/mol. The van der Waals surface area contributed by atoms with Crippen LogP contribution in [0.4, 0.5) is 5.95 Å². The van der Waals surface area contributed by atoms with Crippen molar-refractivity contribution in [2.45, 2.75) is 17.7 Å². The van der Waals surface area contributed by atoms with Crippen molar-refractivity contribution in [3.63, 3.8) is 0 Å². The molecule has 13 heavy (non-hydrogen) atoms. The zero-order valence-corrected chi connectivity index (χ0v) is 9.37. The largest absolute Gasteiger partial charge is 0.342 e. The summed E-state index contributed by atoms with van der Waals surface area (Å²) in [4.78, 5) is 7.38. The Hall–Kier alpha value is -0.510. The van der Waals surface area contributed by atoms with Crippen molar-refractivity contribution in [1.82, 2.24) is 9.55 Å². The Labute approximate surface area is 86.9 Å². The summed E-state index contributed by atoms with van der Waals surface area (Å²) in [6.45, 7) is 2.22.